The molecule has 0 heterocycles. The van der Waals surface area contributed by atoms with Crippen LogP contribution in [0, 0.1) is 6.92 Å². The summed E-state index contributed by atoms with van der Waals surface area (Å²) in [6.07, 6.45) is -4.42. The number of halogens is 3. The SMILES string of the molecule is COc1cc(NC(=O)c2ccc(C(F)(F)F)cc2)ccc1C. The van der Waals surface area contributed by atoms with Crippen LogP contribution in [0.1, 0.15) is 21.5 Å². The maximum atomic E-state index is 12.5. The van der Waals surface area contributed by atoms with Crippen LogP contribution in [0.2, 0.25) is 0 Å². The highest BCUT2D eigenvalue weighted by molar-refractivity contribution is 6.04. The summed E-state index contributed by atoms with van der Waals surface area (Å²) in [6.45, 7) is 1.86. The van der Waals surface area contributed by atoms with Gasteiger partial charge >= 0.3 is 6.18 Å². The van der Waals surface area contributed by atoms with Crippen LogP contribution in [0.3, 0.4) is 0 Å². The van der Waals surface area contributed by atoms with Gasteiger partial charge < -0.3 is 10.1 Å². The van der Waals surface area contributed by atoms with Gasteiger partial charge in [-0.15, -0.1) is 0 Å². The molecule has 2 rings (SSSR count). The summed E-state index contributed by atoms with van der Waals surface area (Å²) in [6, 6.07) is 9.17. The van der Waals surface area contributed by atoms with Crippen molar-refractivity contribution < 1.29 is 22.7 Å². The molecule has 0 bridgehead atoms. The maximum absolute atomic E-state index is 12.5. The molecule has 0 aliphatic heterocycles. The van der Waals surface area contributed by atoms with Crippen molar-refractivity contribution in [3.05, 3.63) is 59.2 Å². The number of ether oxygens (including phenoxy) is 1. The molecule has 0 aliphatic carbocycles. The highest BCUT2D eigenvalue weighted by atomic mass is 19.4. The lowest BCUT2D eigenvalue weighted by Crippen LogP contribution is -2.13. The van der Waals surface area contributed by atoms with Gasteiger partial charge in [0.05, 0.1) is 12.7 Å². The van der Waals surface area contributed by atoms with Crippen molar-refractivity contribution in [2.24, 2.45) is 0 Å². The van der Waals surface area contributed by atoms with Gasteiger partial charge in [-0.05, 0) is 42.8 Å². The highest BCUT2D eigenvalue weighted by Crippen LogP contribution is 2.29. The summed E-state index contributed by atoms with van der Waals surface area (Å²) in [4.78, 5) is 12.0. The molecule has 0 aromatic heterocycles. The number of alkyl halides is 3. The summed E-state index contributed by atoms with van der Waals surface area (Å²) in [5.41, 5.74) is 0.774. The summed E-state index contributed by atoms with van der Waals surface area (Å²) >= 11 is 0. The molecule has 22 heavy (non-hydrogen) atoms. The second-order valence-corrected chi connectivity index (χ2v) is 4.71. The van der Waals surface area contributed by atoms with E-state index in [0.29, 0.717) is 11.4 Å². The number of benzene rings is 2. The molecule has 0 atom stereocenters. The Hall–Kier alpha value is -2.50. The van der Waals surface area contributed by atoms with Crippen molar-refractivity contribution in [3.63, 3.8) is 0 Å². The van der Waals surface area contributed by atoms with Gasteiger partial charge in [0.15, 0.2) is 0 Å². The van der Waals surface area contributed by atoms with Gasteiger partial charge in [-0.3, -0.25) is 4.79 Å². The fourth-order valence-corrected chi connectivity index (χ4v) is 1.91. The Labute approximate surface area is 125 Å². The van der Waals surface area contributed by atoms with Gasteiger partial charge in [0, 0.05) is 17.3 Å². The van der Waals surface area contributed by atoms with Crippen LogP contribution in [-0.2, 0) is 6.18 Å². The number of amides is 1. The smallest absolute Gasteiger partial charge is 0.416 e. The van der Waals surface area contributed by atoms with Crippen LogP contribution in [0.5, 0.6) is 5.75 Å². The second-order valence-electron chi connectivity index (χ2n) is 4.71. The highest BCUT2D eigenvalue weighted by Gasteiger charge is 2.30. The van der Waals surface area contributed by atoms with Gasteiger partial charge in [-0.2, -0.15) is 13.2 Å². The Bertz CT molecular complexity index is 679. The standard InChI is InChI=1S/C16H14F3NO2/c1-10-3-8-13(9-14(10)22-2)20-15(21)11-4-6-12(7-5-11)16(17,18)19/h3-9H,1-2H3,(H,20,21). The van der Waals surface area contributed by atoms with Gasteiger partial charge in [-0.25, -0.2) is 0 Å². The maximum Gasteiger partial charge on any atom is 0.416 e. The molecule has 0 fully saturated rings. The molecule has 0 radical (unpaired) electrons. The number of nitrogens with one attached hydrogen (secondary N) is 1. The summed E-state index contributed by atoms with van der Waals surface area (Å²) in [7, 11) is 1.52. The molecule has 0 aliphatic rings. The summed E-state index contributed by atoms with van der Waals surface area (Å²) in [5.74, 6) is 0.129. The topological polar surface area (TPSA) is 38.3 Å². The van der Waals surface area contributed by atoms with Crippen molar-refractivity contribution in [1.29, 1.82) is 0 Å². The fraction of sp³-hybridized carbons (Fsp3) is 0.188. The van der Waals surface area contributed by atoms with Gasteiger partial charge in [0.2, 0.25) is 0 Å². The van der Waals surface area contributed by atoms with Crippen molar-refractivity contribution >= 4 is 11.6 Å². The molecule has 2 aromatic carbocycles. The van der Waals surface area contributed by atoms with Gasteiger partial charge in [-0.1, -0.05) is 6.07 Å². The van der Waals surface area contributed by atoms with Crippen LogP contribution in [-0.4, -0.2) is 13.0 Å². The monoisotopic (exact) mass is 309 g/mol. The summed E-state index contributed by atoms with van der Waals surface area (Å²) < 4.78 is 42.6. The minimum atomic E-state index is -4.42. The molecule has 3 nitrogen and oxygen atoms in total. The quantitative estimate of drug-likeness (QED) is 0.919. The number of hydrogen-bond acceptors (Lipinski definition) is 2. The average molecular weight is 309 g/mol. The summed E-state index contributed by atoms with van der Waals surface area (Å²) in [5, 5.41) is 2.62. The van der Waals surface area contributed by atoms with E-state index < -0.39 is 17.6 Å². The number of carbonyl (C=O) groups excluding carboxylic acids is 1. The third-order valence-corrected chi connectivity index (χ3v) is 3.14. The number of anilines is 1. The van der Waals surface area contributed by atoms with Crippen molar-refractivity contribution in [1.82, 2.24) is 0 Å². The molecule has 1 amide bonds. The van der Waals surface area contributed by atoms with Crippen LogP contribution >= 0.6 is 0 Å². The van der Waals surface area contributed by atoms with E-state index in [4.69, 9.17) is 4.74 Å². The Morgan fingerprint density at radius 1 is 1.09 bits per heavy atom. The third kappa shape index (κ3) is 3.58. The van der Waals surface area contributed by atoms with Crippen LogP contribution in [0.25, 0.3) is 0 Å². The first-order valence-corrected chi connectivity index (χ1v) is 6.44. The minimum Gasteiger partial charge on any atom is -0.496 e. The van der Waals surface area contributed by atoms with E-state index >= 15 is 0 Å². The molecule has 2 aromatic rings. The largest absolute Gasteiger partial charge is 0.496 e. The molecule has 116 valence electrons. The minimum absolute atomic E-state index is 0.146. The first-order valence-electron chi connectivity index (χ1n) is 6.44. The zero-order chi connectivity index (χ0) is 16.3. The lowest BCUT2D eigenvalue weighted by Gasteiger charge is -2.10. The fourth-order valence-electron chi connectivity index (χ4n) is 1.91. The Kier molecular flexibility index (Phi) is 4.40. The first-order chi connectivity index (χ1) is 10.3. The average Bonchev–Trinajstić information content (AvgIpc) is 2.48. The van der Waals surface area contributed by atoms with E-state index in [2.05, 4.69) is 5.32 Å². The number of aryl methyl sites for hydroxylation is 1. The lowest BCUT2D eigenvalue weighted by atomic mass is 10.1. The molecule has 0 spiro atoms. The number of carbonyl (C=O) groups is 1. The van der Waals surface area contributed by atoms with Crippen molar-refractivity contribution in [3.8, 4) is 5.75 Å². The van der Waals surface area contributed by atoms with Crippen LogP contribution < -0.4 is 10.1 Å². The second kappa shape index (κ2) is 6.09. The Morgan fingerprint density at radius 3 is 2.27 bits per heavy atom. The number of methoxy groups -OCH3 is 1. The predicted molar refractivity (Wildman–Crippen MR) is 77.1 cm³/mol. The molecule has 6 heteroatoms. The Morgan fingerprint density at radius 2 is 1.73 bits per heavy atom. The normalized spacial score (nSPS) is 11.1. The van der Waals surface area contributed by atoms with Crippen LogP contribution in [0.4, 0.5) is 18.9 Å². The molecule has 0 saturated heterocycles. The number of rotatable bonds is 3. The molecular formula is C16H14F3NO2. The zero-order valence-electron chi connectivity index (χ0n) is 12.0. The molecular weight excluding hydrogens is 295 g/mol. The van der Waals surface area contributed by atoms with Crippen LogP contribution in [0.15, 0.2) is 42.5 Å². The van der Waals surface area contributed by atoms with Gasteiger partial charge in [0.25, 0.3) is 5.91 Å². The van der Waals surface area contributed by atoms with E-state index in [9.17, 15) is 18.0 Å². The number of hydrogen-bond donors (Lipinski definition) is 1. The zero-order valence-corrected chi connectivity index (χ0v) is 12.0. The van der Waals surface area contributed by atoms with E-state index in [-0.39, 0.29) is 5.56 Å². The molecule has 1 N–H and O–H groups in total. The molecule has 0 unspecified atom stereocenters. The molecule has 0 saturated carbocycles. The Balaban J connectivity index is 2.15. The van der Waals surface area contributed by atoms with E-state index in [1.807, 2.05) is 6.92 Å². The predicted octanol–water partition coefficient (Wildman–Crippen LogP) is 4.27. The van der Waals surface area contributed by atoms with Gasteiger partial charge in [0.1, 0.15) is 5.75 Å². The van der Waals surface area contributed by atoms with E-state index in [0.717, 1.165) is 29.8 Å². The van der Waals surface area contributed by atoms with Crippen molar-refractivity contribution in [2.75, 3.05) is 12.4 Å². The third-order valence-electron chi connectivity index (χ3n) is 3.14. The van der Waals surface area contributed by atoms with E-state index in [1.165, 1.54) is 7.11 Å². The van der Waals surface area contributed by atoms with E-state index in [1.54, 1.807) is 18.2 Å². The van der Waals surface area contributed by atoms with Crippen molar-refractivity contribution in [2.45, 2.75) is 13.1 Å². The first kappa shape index (κ1) is 15.9. The lowest BCUT2D eigenvalue weighted by molar-refractivity contribution is -0.137.